The summed E-state index contributed by atoms with van der Waals surface area (Å²) in [5.74, 6) is -3.60. The van der Waals surface area contributed by atoms with Crippen LogP contribution in [0.3, 0.4) is 0 Å². The fourth-order valence-corrected chi connectivity index (χ4v) is 8.90. The number of thioether (sulfide) groups is 1. The van der Waals surface area contributed by atoms with Crippen LogP contribution >= 0.6 is 34.4 Å². The molecule has 1 saturated heterocycles. The Bertz CT molecular complexity index is 1840. The maximum absolute atomic E-state index is 13.8. The highest BCUT2D eigenvalue weighted by Crippen LogP contribution is 2.54. The molecule has 10 nitrogen and oxygen atoms in total. The first-order valence-corrected chi connectivity index (χ1v) is 15.0. The van der Waals surface area contributed by atoms with Gasteiger partial charge in [-0.25, -0.2) is 4.90 Å². The van der Waals surface area contributed by atoms with Crippen molar-refractivity contribution in [2.24, 2.45) is 5.92 Å². The van der Waals surface area contributed by atoms with Crippen LogP contribution in [0, 0.1) is 16.0 Å². The predicted octanol–water partition coefficient (Wildman–Crippen LogP) is 5.33. The number of nitrogens with one attached hydrogen (secondary N) is 1. The van der Waals surface area contributed by atoms with Gasteiger partial charge in [-0.15, -0.1) is 11.3 Å². The van der Waals surface area contributed by atoms with Gasteiger partial charge in [0, 0.05) is 27.8 Å². The van der Waals surface area contributed by atoms with Crippen molar-refractivity contribution in [1.29, 1.82) is 0 Å². The van der Waals surface area contributed by atoms with Gasteiger partial charge in [0.1, 0.15) is 11.8 Å². The van der Waals surface area contributed by atoms with Crippen molar-refractivity contribution in [2.75, 3.05) is 10.2 Å². The smallest absolute Gasteiger partial charge is 0.324 e. The molecular formula is C27H17F3N4O6S3. The number of halogens is 3. The van der Waals surface area contributed by atoms with Crippen molar-refractivity contribution in [2.45, 2.75) is 28.9 Å². The number of rotatable bonds is 6. The van der Waals surface area contributed by atoms with E-state index in [0.717, 1.165) is 44.7 Å². The van der Waals surface area contributed by atoms with Crippen LogP contribution in [0.25, 0.3) is 0 Å². The number of anilines is 2. The number of imide groups is 1. The van der Waals surface area contributed by atoms with E-state index < -0.39 is 68.6 Å². The lowest BCUT2D eigenvalue weighted by Gasteiger charge is -2.29. The molecule has 43 heavy (non-hydrogen) atoms. The number of amides is 3. The zero-order valence-electron chi connectivity index (χ0n) is 21.4. The summed E-state index contributed by atoms with van der Waals surface area (Å²) in [7, 11) is 0. The Morgan fingerprint density at radius 2 is 1.72 bits per heavy atom. The van der Waals surface area contributed by atoms with Gasteiger partial charge < -0.3 is 5.32 Å². The highest BCUT2D eigenvalue weighted by molar-refractivity contribution is 8.00. The number of nitro groups is 1. The standard InChI is InChI=1S/C27H17F3N4O6S3/c28-27(29,30)15-4-1-2-5-16(15)31-18(35)12-32-25-22(43-26(32)38)19(17-6-3-11-41-17)20-21(42-25)24(37)33(23(20)36)13-7-9-14(10-8-13)34(39)40/h1-11,19-21H,12H2,(H,31,35)/t19-,20?,21?/m1/s1. The second-order valence-electron chi connectivity index (χ2n) is 9.56. The van der Waals surface area contributed by atoms with Crippen molar-refractivity contribution >= 4 is 69.2 Å². The number of thiophene rings is 1. The molecule has 3 amide bonds. The molecular weight excluding hydrogens is 630 g/mol. The van der Waals surface area contributed by atoms with Crippen molar-refractivity contribution < 1.29 is 32.5 Å². The largest absolute Gasteiger partial charge is 0.418 e. The van der Waals surface area contributed by atoms with Gasteiger partial charge in [-0.05, 0) is 35.7 Å². The zero-order chi connectivity index (χ0) is 30.6. The average molecular weight is 647 g/mol. The van der Waals surface area contributed by atoms with E-state index in [9.17, 15) is 42.5 Å². The molecule has 1 N–H and O–H groups in total. The molecule has 2 unspecified atom stereocenters. The first kappa shape index (κ1) is 28.8. The van der Waals surface area contributed by atoms with E-state index >= 15 is 0 Å². The fourth-order valence-electron chi connectivity index (χ4n) is 5.18. The average Bonchev–Trinajstić information content (AvgIpc) is 3.66. The molecule has 1 fully saturated rings. The van der Waals surface area contributed by atoms with E-state index in [1.807, 2.05) is 0 Å². The summed E-state index contributed by atoms with van der Waals surface area (Å²) in [6.45, 7) is -0.618. The zero-order valence-corrected chi connectivity index (χ0v) is 23.9. The third kappa shape index (κ3) is 5.04. The summed E-state index contributed by atoms with van der Waals surface area (Å²) in [5.41, 5.74) is -1.56. The number of carbonyl (C=O) groups is 3. The van der Waals surface area contributed by atoms with E-state index in [4.69, 9.17) is 0 Å². The minimum atomic E-state index is -4.72. The van der Waals surface area contributed by atoms with Crippen LogP contribution in [0.5, 0.6) is 0 Å². The van der Waals surface area contributed by atoms with E-state index in [0.29, 0.717) is 9.75 Å². The number of fused-ring (bicyclic) bond motifs is 2. The van der Waals surface area contributed by atoms with Crippen LogP contribution in [0.4, 0.5) is 30.2 Å². The maximum atomic E-state index is 13.8. The Kier molecular flexibility index (Phi) is 7.22. The second-order valence-corrected chi connectivity index (χ2v) is 12.7. The monoisotopic (exact) mass is 646 g/mol. The molecule has 4 heterocycles. The molecule has 16 heteroatoms. The predicted molar refractivity (Wildman–Crippen MR) is 154 cm³/mol. The number of thiazole rings is 1. The number of para-hydroxylation sites is 1. The quantitative estimate of drug-likeness (QED) is 0.170. The van der Waals surface area contributed by atoms with Gasteiger partial charge >= 0.3 is 11.0 Å². The number of alkyl halides is 3. The summed E-state index contributed by atoms with van der Waals surface area (Å²) in [5, 5.41) is 14.4. The molecule has 0 bridgehead atoms. The van der Waals surface area contributed by atoms with Crippen LogP contribution in [-0.4, -0.2) is 32.5 Å². The third-order valence-corrected chi connectivity index (χ3v) is 10.6. The van der Waals surface area contributed by atoms with E-state index in [2.05, 4.69) is 5.32 Å². The maximum Gasteiger partial charge on any atom is 0.418 e. The number of carbonyl (C=O) groups excluding carboxylic acids is 3. The molecule has 2 aliphatic rings. The lowest BCUT2D eigenvalue weighted by Crippen LogP contribution is -2.32. The summed E-state index contributed by atoms with van der Waals surface area (Å²) in [6, 6.07) is 13.0. The molecule has 4 aromatic rings. The molecule has 6 rings (SSSR count). The molecule has 3 atom stereocenters. The van der Waals surface area contributed by atoms with Crippen molar-refractivity contribution in [3.05, 3.63) is 101 Å². The number of non-ortho nitro benzene ring substituents is 1. The highest BCUT2D eigenvalue weighted by Gasteiger charge is 2.57. The van der Waals surface area contributed by atoms with Crippen molar-refractivity contribution in [1.82, 2.24) is 4.57 Å². The molecule has 0 aliphatic carbocycles. The van der Waals surface area contributed by atoms with Crippen LogP contribution in [-0.2, 0) is 27.1 Å². The van der Waals surface area contributed by atoms with Crippen LogP contribution in [0.15, 0.2) is 75.9 Å². The fraction of sp³-hybridized carbons (Fsp3) is 0.185. The summed E-state index contributed by atoms with van der Waals surface area (Å²) in [6.07, 6.45) is -4.72. The van der Waals surface area contributed by atoms with E-state index in [-0.39, 0.29) is 16.4 Å². The molecule has 2 aromatic heterocycles. The Balaban J connectivity index is 1.36. The Morgan fingerprint density at radius 3 is 2.37 bits per heavy atom. The number of nitro benzene ring substituents is 1. The number of aromatic nitrogens is 1. The lowest BCUT2D eigenvalue weighted by molar-refractivity contribution is -0.384. The van der Waals surface area contributed by atoms with Gasteiger partial charge in [-0.2, -0.15) is 13.2 Å². The lowest BCUT2D eigenvalue weighted by atomic mass is 9.87. The normalized spacial score (nSPS) is 19.7. The molecule has 0 saturated carbocycles. The first-order chi connectivity index (χ1) is 20.5. The Hall–Kier alpha value is -4.28. The van der Waals surface area contributed by atoms with Gasteiger partial charge in [0.15, 0.2) is 0 Å². The Labute approximate surface area is 251 Å². The Morgan fingerprint density at radius 1 is 1.00 bits per heavy atom. The highest BCUT2D eigenvalue weighted by atomic mass is 32.2. The number of hydrogen-bond donors (Lipinski definition) is 1. The minimum Gasteiger partial charge on any atom is -0.324 e. The van der Waals surface area contributed by atoms with Crippen molar-refractivity contribution in [3.63, 3.8) is 0 Å². The summed E-state index contributed by atoms with van der Waals surface area (Å²) < 4.78 is 41.4. The minimum absolute atomic E-state index is 0.156. The van der Waals surface area contributed by atoms with Crippen molar-refractivity contribution in [3.8, 4) is 0 Å². The second kappa shape index (κ2) is 10.8. The van der Waals surface area contributed by atoms with Crippen LogP contribution in [0.2, 0.25) is 0 Å². The SMILES string of the molecule is O=C(Cn1c2c(sc1=O)[C@H](c1cccs1)C1C(=O)N(c3ccc([N+](=O)[O-])cc3)C(=O)C1S2)Nc1ccccc1C(F)(F)F. The van der Waals surface area contributed by atoms with Gasteiger partial charge in [0.05, 0.1) is 32.8 Å². The van der Waals surface area contributed by atoms with Gasteiger partial charge in [-0.3, -0.25) is 33.9 Å². The number of nitrogens with zero attached hydrogens (tertiary/aromatic N) is 3. The number of hydrogen-bond acceptors (Lipinski definition) is 9. The summed E-state index contributed by atoms with van der Waals surface area (Å²) in [4.78, 5) is 65.7. The topological polar surface area (TPSA) is 132 Å². The third-order valence-electron chi connectivity index (χ3n) is 7.03. The van der Waals surface area contributed by atoms with E-state index in [1.165, 1.54) is 47.7 Å². The van der Waals surface area contributed by atoms with E-state index in [1.54, 1.807) is 17.5 Å². The molecule has 2 aliphatic heterocycles. The first-order valence-electron chi connectivity index (χ1n) is 12.5. The molecule has 220 valence electrons. The molecule has 0 radical (unpaired) electrons. The van der Waals surface area contributed by atoms with Crippen LogP contribution in [0.1, 0.15) is 21.2 Å². The summed E-state index contributed by atoms with van der Waals surface area (Å²) >= 11 is 3.08. The van der Waals surface area contributed by atoms with Crippen LogP contribution < -0.4 is 15.1 Å². The van der Waals surface area contributed by atoms with Gasteiger partial charge in [0.25, 0.3) is 5.69 Å². The van der Waals surface area contributed by atoms with Gasteiger partial charge in [0.2, 0.25) is 17.7 Å². The molecule has 0 spiro atoms. The number of benzene rings is 2. The van der Waals surface area contributed by atoms with Gasteiger partial charge in [-0.1, -0.05) is 41.3 Å². The molecule has 2 aromatic carbocycles.